The predicted molar refractivity (Wildman–Crippen MR) is 119 cm³/mol. The first-order valence-electron chi connectivity index (χ1n) is 11.7. The van der Waals surface area contributed by atoms with E-state index in [4.69, 9.17) is 9.84 Å². The third kappa shape index (κ3) is 15.2. The molecule has 1 aromatic carbocycles. The fourth-order valence-electron chi connectivity index (χ4n) is 3.67. The van der Waals surface area contributed by atoms with Gasteiger partial charge in [-0.25, -0.2) is 0 Å². The quantitative estimate of drug-likeness (QED) is 0.257. The van der Waals surface area contributed by atoms with Crippen LogP contribution in [0.4, 0.5) is 0 Å². The maximum absolute atomic E-state index is 10.5. The highest BCUT2D eigenvalue weighted by Crippen LogP contribution is 2.17. The predicted octanol–water partition coefficient (Wildman–Crippen LogP) is 6.50. The zero-order valence-electron chi connectivity index (χ0n) is 18.4. The molecular formula is C25H42O4. The number of hydrogen-bond acceptors (Lipinski definition) is 3. The van der Waals surface area contributed by atoms with Crippen LogP contribution in [0, 0.1) is 0 Å². The minimum atomic E-state index is -0.826. The zero-order chi connectivity index (χ0) is 21.2. The molecule has 4 heteroatoms. The van der Waals surface area contributed by atoms with Gasteiger partial charge in [0.05, 0.1) is 18.8 Å². The van der Waals surface area contributed by atoms with Crippen molar-refractivity contribution in [2.75, 3.05) is 0 Å². The molecule has 0 aliphatic carbocycles. The fraction of sp³-hybridized carbons (Fsp3) is 0.720. The first-order chi connectivity index (χ1) is 14.1. The summed E-state index contributed by atoms with van der Waals surface area (Å²) in [5.41, 5.74) is 1.25. The van der Waals surface area contributed by atoms with Crippen molar-refractivity contribution in [3.63, 3.8) is 0 Å². The van der Waals surface area contributed by atoms with E-state index in [1.807, 2.05) is 6.07 Å². The Hall–Kier alpha value is -1.39. The smallest absolute Gasteiger partial charge is 0.303 e. The van der Waals surface area contributed by atoms with E-state index >= 15 is 0 Å². The van der Waals surface area contributed by atoms with Gasteiger partial charge in [-0.2, -0.15) is 0 Å². The molecule has 0 aliphatic heterocycles. The summed E-state index contributed by atoms with van der Waals surface area (Å²) >= 11 is 0. The molecule has 0 aliphatic rings. The molecule has 0 heterocycles. The molecule has 0 saturated carbocycles. The minimum absolute atomic E-state index is 0.0670. The molecule has 4 nitrogen and oxygen atoms in total. The Kier molecular flexibility index (Phi) is 15.4. The van der Waals surface area contributed by atoms with Crippen molar-refractivity contribution < 1.29 is 19.7 Å². The van der Waals surface area contributed by atoms with Crippen molar-refractivity contribution in [1.82, 2.24) is 0 Å². The zero-order valence-corrected chi connectivity index (χ0v) is 18.4. The Morgan fingerprint density at radius 2 is 1.45 bits per heavy atom. The van der Waals surface area contributed by atoms with Crippen LogP contribution < -0.4 is 0 Å². The molecule has 0 radical (unpaired) electrons. The van der Waals surface area contributed by atoms with Gasteiger partial charge in [-0.15, -0.1) is 0 Å². The van der Waals surface area contributed by atoms with E-state index in [1.165, 1.54) is 50.5 Å². The lowest BCUT2D eigenvalue weighted by atomic mass is 10.0. The van der Waals surface area contributed by atoms with Gasteiger partial charge in [0.15, 0.2) is 0 Å². The molecule has 2 N–H and O–H groups in total. The number of carbonyl (C=O) groups is 1. The van der Waals surface area contributed by atoms with Gasteiger partial charge in [0, 0.05) is 6.42 Å². The van der Waals surface area contributed by atoms with Gasteiger partial charge in [-0.05, 0) is 31.2 Å². The molecule has 0 fully saturated rings. The second kappa shape index (κ2) is 17.5. The maximum atomic E-state index is 10.5. The maximum Gasteiger partial charge on any atom is 0.303 e. The number of carboxylic acid groups (broad SMARTS) is 1. The van der Waals surface area contributed by atoms with Crippen molar-refractivity contribution >= 4 is 5.97 Å². The summed E-state index contributed by atoms with van der Waals surface area (Å²) < 4.78 is 6.14. The van der Waals surface area contributed by atoms with Gasteiger partial charge in [0.1, 0.15) is 0 Å². The highest BCUT2D eigenvalue weighted by molar-refractivity contribution is 5.66. The molecule has 0 aromatic heterocycles. The van der Waals surface area contributed by atoms with Gasteiger partial charge < -0.3 is 14.9 Å². The molecule has 0 bridgehead atoms. The monoisotopic (exact) mass is 406 g/mol. The standard InChI is InChI=1S/C25H42O4/c1-2-14-24(29-21-22-15-10-9-11-16-22)18-13-8-6-4-3-5-7-12-17-23(26)19-20-25(27)28/h9-11,15-16,23-24,26H,2-8,12-14,17-21H2,1H3,(H,27,28). The molecule has 166 valence electrons. The van der Waals surface area contributed by atoms with E-state index in [2.05, 4.69) is 31.2 Å². The molecule has 1 aromatic rings. The Morgan fingerprint density at radius 3 is 2.03 bits per heavy atom. The van der Waals surface area contributed by atoms with E-state index in [0.29, 0.717) is 12.5 Å². The van der Waals surface area contributed by atoms with Crippen LogP contribution in [0.1, 0.15) is 102 Å². The van der Waals surface area contributed by atoms with Crippen molar-refractivity contribution in [3.8, 4) is 0 Å². The topological polar surface area (TPSA) is 66.8 Å². The van der Waals surface area contributed by atoms with Crippen molar-refractivity contribution in [3.05, 3.63) is 35.9 Å². The van der Waals surface area contributed by atoms with Gasteiger partial charge in [-0.3, -0.25) is 4.79 Å². The van der Waals surface area contributed by atoms with E-state index in [-0.39, 0.29) is 6.42 Å². The first-order valence-corrected chi connectivity index (χ1v) is 11.7. The van der Waals surface area contributed by atoms with Crippen molar-refractivity contribution in [2.24, 2.45) is 0 Å². The van der Waals surface area contributed by atoms with Gasteiger partial charge in [0.25, 0.3) is 0 Å². The van der Waals surface area contributed by atoms with Crippen LogP contribution >= 0.6 is 0 Å². The van der Waals surface area contributed by atoms with E-state index < -0.39 is 12.1 Å². The molecule has 29 heavy (non-hydrogen) atoms. The van der Waals surface area contributed by atoms with Crippen LogP contribution in [-0.4, -0.2) is 28.4 Å². The second-order valence-electron chi connectivity index (χ2n) is 8.20. The highest BCUT2D eigenvalue weighted by Gasteiger charge is 2.09. The largest absolute Gasteiger partial charge is 0.481 e. The van der Waals surface area contributed by atoms with Crippen LogP contribution in [-0.2, 0) is 16.1 Å². The number of ether oxygens (including phenoxy) is 1. The van der Waals surface area contributed by atoms with Gasteiger partial charge in [-0.1, -0.05) is 95.0 Å². The second-order valence-corrected chi connectivity index (χ2v) is 8.20. The molecule has 2 atom stereocenters. The SMILES string of the molecule is CCCC(CCCCCCCCCCC(O)CCC(=O)O)OCc1ccccc1. The first kappa shape index (κ1) is 25.6. The third-order valence-corrected chi connectivity index (χ3v) is 5.44. The van der Waals surface area contributed by atoms with E-state index in [1.54, 1.807) is 0 Å². The lowest BCUT2D eigenvalue weighted by molar-refractivity contribution is -0.137. The highest BCUT2D eigenvalue weighted by atomic mass is 16.5. The van der Waals surface area contributed by atoms with E-state index in [0.717, 1.165) is 38.7 Å². The fourth-order valence-corrected chi connectivity index (χ4v) is 3.67. The minimum Gasteiger partial charge on any atom is -0.481 e. The van der Waals surface area contributed by atoms with Crippen LogP contribution in [0.2, 0.25) is 0 Å². The average Bonchev–Trinajstić information content (AvgIpc) is 2.72. The molecule has 1 rings (SSSR count). The van der Waals surface area contributed by atoms with Crippen LogP contribution in [0.3, 0.4) is 0 Å². The number of aliphatic hydroxyl groups excluding tert-OH is 1. The normalized spacial score (nSPS) is 13.3. The van der Waals surface area contributed by atoms with E-state index in [9.17, 15) is 9.90 Å². The van der Waals surface area contributed by atoms with Gasteiger partial charge in [0.2, 0.25) is 0 Å². The van der Waals surface area contributed by atoms with Crippen LogP contribution in [0.15, 0.2) is 30.3 Å². The number of carboxylic acids is 1. The Balaban J connectivity index is 1.95. The summed E-state index contributed by atoms with van der Waals surface area (Å²) in [5.74, 6) is -0.826. The van der Waals surface area contributed by atoms with Crippen LogP contribution in [0.25, 0.3) is 0 Å². The Morgan fingerprint density at radius 1 is 0.862 bits per heavy atom. The molecule has 0 saturated heterocycles. The number of benzene rings is 1. The van der Waals surface area contributed by atoms with Crippen molar-refractivity contribution in [1.29, 1.82) is 0 Å². The third-order valence-electron chi connectivity index (χ3n) is 5.44. The number of aliphatic hydroxyl groups is 1. The summed E-state index contributed by atoms with van der Waals surface area (Å²) in [6, 6.07) is 10.4. The Labute approximate surface area is 177 Å². The Bertz CT molecular complexity index is 503. The lowest BCUT2D eigenvalue weighted by Crippen LogP contribution is -2.12. The van der Waals surface area contributed by atoms with Crippen LogP contribution in [0.5, 0.6) is 0 Å². The number of unbranched alkanes of at least 4 members (excludes halogenated alkanes) is 7. The molecular weight excluding hydrogens is 364 g/mol. The number of rotatable bonds is 19. The molecule has 0 amide bonds. The molecule has 2 unspecified atom stereocenters. The lowest BCUT2D eigenvalue weighted by Gasteiger charge is -2.17. The summed E-state index contributed by atoms with van der Waals surface area (Å²) in [6.45, 7) is 2.94. The van der Waals surface area contributed by atoms with Crippen molar-refractivity contribution in [2.45, 2.75) is 116 Å². The number of hydrogen-bond donors (Lipinski definition) is 2. The summed E-state index contributed by atoms with van der Waals surface area (Å²) in [4.78, 5) is 10.5. The summed E-state index contributed by atoms with van der Waals surface area (Å²) in [7, 11) is 0. The number of aliphatic carboxylic acids is 1. The van der Waals surface area contributed by atoms with Gasteiger partial charge >= 0.3 is 5.97 Å². The summed E-state index contributed by atoms with van der Waals surface area (Å²) in [6.07, 6.45) is 14.3. The summed E-state index contributed by atoms with van der Waals surface area (Å²) in [5, 5.41) is 18.3. The average molecular weight is 407 g/mol. The molecule has 0 spiro atoms.